The molecule has 4 heterocycles. The minimum atomic E-state index is -1.98. The van der Waals surface area contributed by atoms with Gasteiger partial charge < -0.3 is 30.0 Å². The number of hydrogen-bond acceptors (Lipinski definition) is 9. The van der Waals surface area contributed by atoms with E-state index >= 15 is 0 Å². The van der Waals surface area contributed by atoms with Gasteiger partial charge in [0, 0.05) is 62.0 Å². The van der Waals surface area contributed by atoms with E-state index in [-0.39, 0.29) is 32.0 Å². The van der Waals surface area contributed by atoms with Crippen molar-refractivity contribution in [1.82, 2.24) is 25.4 Å². The molecular formula is C41H50F3N5O6. The average Bonchev–Trinajstić information content (AvgIpc) is 3.65. The van der Waals surface area contributed by atoms with Gasteiger partial charge in [-0.25, -0.2) is 0 Å². The molecule has 1 fully saturated rings. The zero-order valence-corrected chi connectivity index (χ0v) is 31.2. The van der Waals surface area contributed by atoms with Crippen LogP contribution < -0.4 is 15.4 Å². The van der Waals surface area contributed by atoms with Gasteiger partial charge in [0.1, 0.15) is 55.9 Å². The number of fused-ring (bicyclic) bond motifs is 2. The van der Waals surface area contributed by atoms with Gasteiger partial charge in [-0.3, -0.25) is 37.5 Å². The number of piperazine rings is 1. The number of aliphatic hydroxyl groups excluding tert-OH is 2. The van der Waals surface area contributed by atoms with E-state index in [1.807, 2.05) is 56.3 Å². The second-order valence-electron chi connectivity index (χ2n) is 15.3. The Bertz CT molecular complexity index is 1850. The van der Waals surface area contributed by atoms with Crippen LogP contribution >= 0.6 is 0 Å². The Morgan fingerprint density at radius 3 is 2.47 bits per heavy atom. The molecule has 0 radical (unpaired) electrons. The SMILES string of the molecule is CC(C)(c1cc2cnccc2o1)N1CCN(C[C@@H](O)C[C@@H](Cc2ccccc2)C(=O)N[C@H]2c3ccccc3OC[C@H]2O)[C@H](C(=O)NCC(CF)(CF)CF)C1. The van der Waals surface area contributed by atoms with Crippen molar-refractivity contribution in [2.24, 2.45) is 11.3 Å². The first kappa shape index (κ1) is 40.2. The smallest absolute Gasteiger partial charge is 0.238 e. The number of aromatic nitrogens is 1. The number of β-amino-alcohol motifs (C(OH)–C–C–N with tert-alkyl or cyclic N) is 1. The molecule has 2 aliphatic rings. The van der Waals surface area contributed by atoms with Crippen molar-refractivity contribution in [3.05, 3.63) is 96.0 Å². The molecule has 0 aliphatic carbocycles. The predicted octanol–water partition coefficient (Wildman–Crippen LogP) is 4.28. The van der Waals surface area contributed by atoms with E-state index in [1.165, 1.54) is 0 Å². The maximum absolute atomic E-state index is 14.0. The van der Waals surface area contributed by atoms with Crippen molar-refractivity contribution in [1.29, 1.82) is 0 Å². The molecule has 296 valence electrons. The molecule has 2 aliphatic heterocycles. The van der Waals surface area contributed by atoms with Crippen LogP contribution in [0.15, 0.2) is 83.5 Å². The maximum atomic E-state index is 14.0. The zero-order valence-electron chi connectivity index (χ0n) is 31.2. The summed E-state index contributed by atoms with van der Waals surface area (Å²) in [6, 6.07) is 18.7. The largest absolute Gasteiger partial charge is 0.490 e. The van der Waals surface area contributed by atoms with Crippen LogP contribution in [-0.4, -0.2) is 114 Å². The first-order valence-electron chi connectivity index (χ1n) is 18.7. The summed E-state index contributed by atoms with van der Waals surface area (Å²) in [5.41, 5.74) is -0.477. The number of amides is 2. The average molecular weight is 766 g/mol. The lowest BCUT2D eigenvalue weighted by atomic mass is 9.90. The molecule has 6 rings (SSSR count). The molecule has 0 unspecified atom stereocenters. The van der Waals surface area contributed by atoms with E-state index in [0.717, 1.165) is 10.9 Å². The van der Waals surface area contributed by atoms with Crippen LogP contribution in [0.3, 0.4) is 0 Å². The number of alkyl halides is 3. The molecule has 1 saturated heterocycles. The Hall–Kier alpha value is -4.50. The number of aliphatic hydroxyl groups is 2. The fraction of sp³-hybridized carbons (Fsp3) is 0.488. The van der Waals surface area contributed by atoms with E-state index in [1.54, 1.807) is 41.6 Å². The van der Waals surface area contributed by atoms with Crippen molar-refractivity contribution in [2.75, 3.05) is 59.4 Å². The zero-order chi connectivity index (χ0) is 39.2. The lowest BCUT2D eigenvalue weighted by Gasteiger charge is -2.47. The summed E-state index contributed by atoms with van der Waals surface area (Å²) >= 11 is 0. The Morgan fingerprint density at radius 1 is 1.02 bits per heavy atom. The number of furan rings is 1. The van der Waals surface area contributed by atoms with Gasteiger partial charge in [-0.1, -0.05) is 48.5 Å². The Kier molecular flexibility index (Phi) is 12.8. The van der Waals surface area contributed by atoms with Gasteiger partial charge in [0.15, 0.2) is 0 Å². The van der Waals surface area contributed by atoms with E-state index in [9.17, 15) is 33.0 Å². The molecule has 5 atom stereocenters. The number of ether oxygens (including phenoxy) is 1. The van der Waals surface area contributed by atoms with Crippen molar-refractivity contribution in [2.45, 2.75) is 56.5 Å². The van der Waals surface area contributed by atoms with Crippen molar-refractivity contribution in [3.63, 3.8) is 0 Å². The molecule has 2 amide bonds. The minimum absolute atomic E-state index is 0.00440. The molecule has 11 nitrogen and oxygen atoms in total. The summed E-state index contributed by atoms with van der Waals surface area (Å²) in [5, 5.41) is 28.9. The highest BCUT2D eigenvalue weighted by Crippen LogP contribution is 2.35. The lowest BCUT2D eigenvalue weighted by Crippen LogP contribution is -2.63. The van der Waals surface area contributed by atoms with E-state index in [4.69, 9.17) is 9.15 Å². The number of hydrogen-bond donors (Lipinski definition) is 4. The van der Waals surface area contributed by atoms with Crippen LogP contribution in [-0.2, 0) is 21.5 Å². The third-order valence-electron chi connectivity index (χ3n) is 11.0. The summed E-state index contributed by atoms with van der Waals surface area (Å²) in [5.74, 6) is -0.406. The van der Waals surface area contributed by atoms with Crippen LogP contribution in [0.2, 0.25) is 0 Å². The maximum Gasteiger partial charge on any atom is 0.238 e. The Labute approximate surface area is 318 Å². The van der Waals surface area contributed by atoms with Crippen LogP contribution in [0.5, 0.6) is 5.75 Å². The van der Waals surface area contributed by atoms with Crippen molar-refractivity contribution < 1.29 is 42.1 Å². The standard InChI is InChI=1S/C41H50F3N5O6/c1-40(2,36-18-29-19-45-13-12-34(29)55-36)49-15-14-48(32(21-49)39(53)46-26-41(23-42,24-43)25-44)20-30(50)17-28(16-27-8-4-3-5-9-27)38(52)47-37-31-10-6-7-11-35(31)54-22-33(37)51/h3-13,18-19,28,30,32-33,37,50-51H,14-17,20-26H2,1-2H3,(H,46,53)(H,47,52)/t28-,30+,32+,33-,37+/m1/s1. The van der Waals surface area contributed by atoms with Gasteiger partial charge in [-0.05, 0) is 50.5 Å². The molecule has 0 spiro atoms. The summed E-state index contributed by atoms with van der Waals surface area (Å²) in [4.78, 5) is 36.0. The summed E-state index contributed by atoms with van der Waals surface area (Å²) in [7, 11) is 0. The van der Waals surface area contributed by atoms with Crippen molar-refractivity contribution >= 4 is 22.8 Å². The number of carbonyl (C=O) groups excluding carboxylic acids is 2. The fourth-order valence-corrected chi connectivity index (χ4v) is 7.43. The number of rotatable bonds is 16. The Morgan fingerprint density at radius 2 is 1.75 bits per heavy atom. The van der Waals surface area contributed by atoms with Gasteiger partial charge in [0.2, 0.25) is 11.8 Å². The molecule has 0 bridgehead atoms. The summed E-state index contributed by atoms with van der Waals surface area (Å²) < 4.78 is 53.2. The second-order valence-corrected chi connectivity index (χ2v) is 15.3. The topological polar surface area (TPSA) is 140 Å². The highest BCUT2D eigenvalue weighted by molar-refractivity contribution is 5.82. The number of nitrogens with zero attached hydrogens (tertiary/aromatic N) is 3. The molecule has 4 aromatic rings. The summed E-state index contributed by atoms with van der Waals surface area (Å²) in [6.45, 7) is 0.516. The van der Waals surface area contributed by atoms with Crippen molar-refractivity contribution in [3.8, 4) is 5.75 Å². The quantitative estimate of drug-likeness (QED) is 0.132. The number of halogens is 3. The highest BCUT2D eigenvalue weighted by atomic mass is 19.1. The van der Waals surface area contributed by atoms with E-state index in [2.05, 4.69) is 20.5 Å². The monoisotopic (exact) mass is 765 g/mol. The van der Waals surface area contributed by atoms with Crippen LogP contribution in [0.25, 0.3) is 11.0 Å². The third kappa shape index (κ3) is 9.15. The van der Waals surface area contributed by atoms with Gasteiger partial charge in [0.25, 0.3) is 0 Å². The normalized spacial score (nSPS) is 20.7. The van der Waals surface area contributed by atoms with Crippen LogP contribution in [0.4, 0.5) is 13.2 Å². The molecule has 0 saturated carbocycles. The van der Waals surface area contributed by atoms with Gasteiger partial charge >= 0.3 is 0 Å². The predicted molar refractivity (Wildman–Crippen MR) is 200 cm³/mol. The van der Waals surface area contributed by atoms with Gasteiger partial charge in [0.05, 0.1) is 23.1 Å². The molecule has 14 heteroatoms. The third-order valence-corrected chi connectivity index (χ3v) is 11.0. The van der Waals surface area contributed by atoms with E-state index < -0.39 is 73.6 Å². The van der Waals surface area contributed by atoms with Crippen LogP contribution in [0.1, 0.15) is 43.2 Å². The highest BCUT2D eigenvalue weighted by Gasteiger charge is 2.42. The van der Waals surface area contributed by atoms with Gasteiger partial charge in [-0.15, -0.1) is 0 Å². The van der Waals surface area contributed by atoms with Gasteiger partial charge in [-0.2, -0.15) is 0 Å². The number of nitrogens with one attached hydrogen (secondary N) is 2. The minimum Gasteiger partial charge on any atom is -0.490 e. The molecule has 55 heavy (non-hydrogen) atoms. The van der Waals surface area contributed by atoms with Crippen LogP contribution in [0, 0.1) is 11.3 Å². The molecular weight excluding hydrogens is 715 g/mol. The number of pyridine rings is 1. The lowest BCUT2D eigenvalue weighted by molar-refractivity contribution is -0.133. The number of benzene rings is 2. The van der Waals surface area contributed by atoms with E-state index in [0.29, 0.717) is 42.2 Å². The second kappa shape index (κ2) is 17.5. The molecule has 4 N–H and O–H groups in total. The first-order valence-corrected chi connectivity index (χ1v) is 18.7. The Balaban J connectivity index is 1.21. The number of carbonyl (C=O) groups is 2. The molecule has 2 aromatic heterocycles. The fourth-order valence-electron chi connectivity index (χ4n) is 7.43. The first-order chi connectivity index (χ1) is 26.5. The molecule has 2 aromatic carbocycles. The summed E-state index contributed by atoms with van der Waals surface area (Å²) in [6.07, 6.45) is 1.62. The number of para-hydroxylation sites is 1.